The Morgan fingerprint density at radius 2 is 1.43 bits per heavy atom. The largest absolute Gasteiger partial charge is 0.416 e. The Morgan fingerprint density at radius 3 is 1.96 bits per heavy atom. The zero-order valence-corrected chi connectivity index (χ0v) is 16.0. The van der Waals surface area contributed by atoms with Crippen LogP contribution in [0, 0.1) is 5.82 Å². The Morgan fingerprint density at radius 1 is 0.821 bits per heavy atom. The Labute approximate surface area is 164 Å². The van der Waals surface area contributed by atoms with Crippen molar-refractivity contribution in [2.45, 2.75) is 11.1 Å². The van der Waals surface area contributed by atoms with Crippen molar-refractivity contribution >= 4 is 21.4 Å². The third kappa shape index (κ3) is 4.20. The van der Waals surface area contributed by atoms with Gasteiger partial charge in [-0.05, 0) is 58.7 Å². The minimum absolute atomic E-state index is 0.0506. The number of alkyl halides is 3. The maximum Gasteiger partial charge on any atom is 0.416 e. The van der Waals surface area contributed by atoms with Crippen LogP contribution in [0.25, 0.3) is 22.3 Å². The minimum atomic E-state index is -4.56. The molecule has 3 aromatic rings. The van der Waals surface area contributed by atoms with Crippen molar-refractivity contribution in [1.82, 2.24) is 0 Å². The average molecular weight is 429 g/mol. The summed E-state index contributed by atoms with van der Waals surface area (Å²) in [6.07, 6.45) is -3.52. The molecule has 0 amide bonds. The highest BCUT2D eigenvalue weighted by atomic mass is 35.5. The lowest BCUT2D eigenvalue weighted by Crippen LogP contribution is -2.05. The molecule has 0 N–H and O–H groups in total. The molecule has 0 aliphatic carbocycles. The van der Waals surface area contributed by atoms with Crippen LogP contribution in [0.2, 0.25) is 5.02 Å². The van der Waals surface area contributed by atoms with E-state index in [0.717, 1.165) is 24.5 Å². The van der Waals surface area contributed by atoms with Crippen LogP contribution in [0.15, 0.2) is 65.6 Å². The van der Waals surface area contributed by atoms with Crippen LogP contribution < -0.4 is 0 Å². The van der Waals surface area contributed by atoms with E-state index in [2.05, 4.69) is 0 Å². The molecule has 0 aromatic heterocycles. The van der Waals surface area contributed by atoms with E-state index in [-0.39, 0.29) is 15.5 Å². The van der Waals surface area contributed by atoms with Crippen LogP contribution in [-0.4, -0.2) is 14.7 Å². The van der Waals surface area contributed by atoms with Gasteiger partial charge in [0.25, 0.3) is 0 Å². The van der Waals surface area contributed by atoms with Gasteiger partial charge in [-0.1, -0.05) is 35.9 Å². The summed E-state index contributed by atoms with van der Waals surface area (Å²) < 4.78 is 76.3. The molecule has 0 aliphatic rings. The second-order valence-electron chi connectivity index (χ2n) is 6.18. The second-order valence-corrected chi connectivity index (χ2v) is 8.61. The summed E-state index contributed by atoms with van der Waals surface area (Å²) in [6, 6.07) is 12.6. The maximum absolute atomic E-state index is 13.5. The predicted octanol–water partition coefficient (Wildman–Crippen LogP) is 6.24. The van der Waals surface area contributed by atoms with Crippen molar-refractivity contribution in [3.05, 3.63) is 77.1 Å². The smallest absolute Gasteiger partial charge is 0.224 e. The number of halogens is 5. The maximum atomic E-state index is 13.5. The molecule has 0 fully saturated rings. The average Bonchev–Trinajstić information content (AvgIpc) is 2.62. The molecule has 0 atom stereocenters. The molecular formula is C20H13ClF4O2S. The first-order valence-electron chi connectivity index (χ1n) is 7.94. The highest BCUT2D eigenvalue weighted by Crippen LogP contribution is 2.39. The zero-order chi connectivity index (χ0) is 20.7. The fourth-order valence-electron chi connectivity index (χ4n) is 2.76. The highest BCUT2D eigenvalue weighted by Gasteiger charge is 2.31. The van der Waals surface area contributed by atoms with E-state index in [4.69, 9.17) is 11.6 Å². The van der Waals surface area contributed by atoms with Crippen LogP contribution >= 0.6 is 11.6 Å². The van der Waals surface area contributed by atoms with Gasteiger partial charge in [-0.2, -0.15) is 13.2 Å². The van der Waals surface area contributed by atoms with Crippen LogP contribution in [0.4, 0.5) is 17.6 Å². The molecule has 8 heteroatoms. The van der Waals surface area contributed by atoms with E-state index in [1.807, 2.05) is 0 Å². The van der Waals surface area contributed by atoms with Gasteiger partial charge in [-0.25, -0.2) is 12.8 Å². The summed E-state index contributed by atoms with van der Waals surface area (Å²) in [5.41, 5.74) is 0.586. The summed E-state index contributed by atoms with van der Waals surface area (Å²) >= 11 is 5.82. The molecule has 0 saturated heterocycles. The molecule has 0 unspecified atom stereocenters. The molecule has 2 nitrogen and oxygen atoms in total. The Kier molecular flexibility index (Phi) is 5.25. The van der Waals surface area contributed by atoms with Crippen LogP contribution in [-0.2, 0) is 16.0 Å². The van der Waals surface area contributed by atoms with Gasteiger partial charge in [0.1, 0.15) is 5.82 Å². The van der Waals surface area contributed by atoms with Gasteiger partial charge in [0, 0.05) is 6.26 Å². The summed E-state index contributed by atoms with van der Waals surface area (Å²) in [5, 5.41) is -0.157. The van der Waals surface area contributed by atoms with E-state index in [1.54, 1.807) is 0 Å². The van der Waals surface area contributed by atoms with Gasteiger partial charge in [0.15, 0.2) is 9.84 Å². The monoisotopic (exact) mass is 428 g/mol. The fraction of sp³-hybridized carbons (Fsp3) is 0.100. The fourth-order valence-corrected chi connectivity index (χ4v) is 3.57. The van der Waals surface area contributed by atoms with Gasteiger partial charge in [-0.15, -0.1) is 0 Å². The van der Waals surface area contributed by atoms with E-state index in [9.17, 15) is 26.0 Å². The molecule has 0 saturated carbocycles. The van der Waals surface area contributed by atoms with Crippen molar-refractivity contribution in [1.29, 1.82) is 0 Å². The topological polar surface area (TPSA) is 34.1 Å². The van der Waals surface area contributed by atoms with Gasteiger partial charge in [-0.3, -0.25) is 0 Å². The SMILES string of the molecule is CS(=O)(=O)c1ccc(-c2cc(C(F)(F)F)ccc2-c2ccc(F)c(Cl)c2)cc1. The van der Waals surface area contributed by atoms with Crippen LogP contribution in [0.3, 0.4) is 0 Å². The third-order valence-corrected chi connectivity index (χ3v) is 5.59. The van der Waals surface area contributed by atoms with Crippen molar-refractivity contribution in [3.63, 3.8) is 0 Å². The predicted molar refractivity (Wildman–Crippen MR) is 100 cm³/mol. The lowest BCUT2D eigenvalue weighted by molar-refractivity contribution is -0.137. The van der Waals surface area contributed by atoms with Crippen molar-refractivity contribution < 1.29 is 26.0 Å². The standard InChI is InChI=1S/C20H13ClF4O2S/c1-28(26,27)15-6-2-12(3-7-15)17-11-14(20(23,24)25)5-8-16(17)13-4-9-19(22)18(21)10-13/h2-11H,1H3. The molecule has 0 bridgehead atoms. The van der Waals surface area contributed by atoms with Crippen molar-refractivity contribution in [2.75, 3.05) is 6.26 Å². The number of hydrogen-bond donors (Lipinski definition) is 0. The van der Waals surface area contributed by atoms with Crippen molar-refractivity contribution in [2.24, 2.45) is 0 Å². The third-order valence-electron chi connectivity index (χ3n) is 4.17. The lowest BCUT2D eigenvalue weighted by atomic mass is 9.92. The first-order chi connectivity index (χ1) is 13.0. The van der Waals surface area contributed by atoms with Crippen molar-refractivity contribution in [3.8, 4) is 22.3 Å². The Balaban J connectivity index is 2.22. The number of hydrogen-bond acceptors (Lipinski definition) is 2. The van der Waals surface area contributed by atoms with Crippen LogP contribution in [0.1, 0.15) is 5.56 Å². The molecule has 0 spiro atoms. The summed E-state index contributed by atoms with van der Waals surface area (Å²) in [6.45, 7) is 0. The number of benzene rings is 3. The quantitative estimate of drug-likeness (QED) is 0.463. The van der Waals surface area contributed by atoms with Gasteiger partial charge >= 0.3 is 6.18 Å². The van der Waals surface area contributed by atoms with Gasteiger partial charge < -0.3 is 0 Å². The molecule has 3 rings (SSSR count). The minimum Gasteiger partial charge on any atom is -0.224 e. The summed E-state index contributed by atoms with van der Waals surface area (Å²) in [7, 11) is -3.44. The van der Waals surface area contributed by atoms with E-state index in [1.165, 1.54) is 42.5 Å². The first kappa shape index (κ1) is 20.4. The van der Waals surface area contributed by atoms with E-state index < -0.39 is 27.4 Å². The molecular weight excluding hydrogens is 416 g/mol. The molecule has 0 aliphatic heterocycles. The lowest BCUT2D eigenvalue weighted by Gasteiger charge is -2.15. The summed E-state index contributed by atoms with van der Waals surface area (Å²) in [5.74, 6) is -0.642. The van der Waals surface area contributed by atoms with Gasteiger partial charge in [0.2, 0.25) is 0 Å². The Hall–Kier alpha value is -2.38. The molecule has 0 radical (unpaired) electrons. The van der Waals surface area contributed by atoms with Gasteiger partial charge in [0.05, 0.1) is 15.5 Å². The second kappa shape index (κ2) is 7.22. The molecule has 0 heterocycles. The number of rotatable bonds is 3. The Bertz CT molecular complexity index is 1140. The van der Waals surface area contributed by atoms with E-state index >= 15 is 0 Å². The zero-order valence-electron chi connectivity index (χ0n) is 14.4. The van der Waals surface area contributed by atoms with E-state index in [0.29, 0.717) is 16.7 Å². The highest BCUT2D eigenvalue weighted by molar-refractivity contribution is 7.90. The molecule has 3 aromatic carbocycles. The molecule has 28 heavy (non-hydrogen) atoms. The van der Waals surface area contributed by atoms with Crippen LogP contribution in [0.5, 0.6) is 0 Å². The molecule has 146 valence electrons. The first-order valence-corrected chi connectivity index (χ1v) is 10.2. The normalized spacial score (nSPS) is 12.2. The number of sulfone groups is 1. The summed E-state index contributed by atoms with van der Waals surface area (Å²) in [4.78, 5) is 0.0506.